The van der Waals surface area contributed by atoms with E-state index in [1.165, 1.54) is 19.6 Å². The van der Waals surface area contributed by atoms with Crippen molar-refractivity contribution in [2.75, 3.05) is 126 Å². The highest BCUT2D eigenvalue weighted by molar-refractivity contribution is 5.97. The molecule has 11 amide bonds. The number of nitrogens with one attached hydrogen (secondary N) is 11. The molecule has 0 fully saturated rings. The molecule has 1 heterocycles. The molecule has 0 unspecified atom stereocenters. The lowest BCUT2D eigenvalue weighted by Crippen LogP contribution is -2.61. The number of aromatic amines is 1. The molecule has 1 aromatic heterocycles. The summed E-state index contributed by atoms with van der Waals surface area (Å²) < 4.78 is 26.3. The first-order valence-electron chi connectivity index (χ1n) is 26.8. The molecule has 0 aromatic carbocycles. The van der Waals surface area contributed by atoms with Crippen molar-refractivity contribution in [3.8, 4) is 0 Å². The van der Waals surface area contributed by atoms with E-state index in [4.69, 9.17) is 29.4 Å². The van der Waals surface area contributed by atoms with Crippen LogP contribution in [0.3, 0.4) is 0 Å². The molecule has 35 nitrogen and oxygen atoms in total. The summed E-state index contributed by atoms with van der Waals surface area (Å²) in [4.78, 5) is 172. The van der Waals surface area contributed by atoms with Gasteiger partial charge in [-0.15, -0.1) is 0 Å². The zero-order valence-corrected chi connectivity index (χ0v) is 47.4. The number of hydrogen-bond donors (Lipinski definition) is 15. The van der Waals surface area contributed by atoms with Crippen LogP contribution in [0.25, 0.3) is 0 Å². The van der Waals surface area contributed by atoms with Gasteiger partial charge in [0.1, 0.15) is 50.0 Å². The number of H-pyrrole nitrogens is 1. The number of rotatable bonds is 49. The number of amides is 11. The first-order valence-corrected chi connectivity index (χ1v) is 26.8. The highest BCUT2D eigenvalue weighted by atomic mass is 16.5. The van der Waals surface area contributed by atoms with Crippen LogP contribution in [0.5, 0.6) is 0 Å². The van der Waals surface area contributed by atoms with Crippen molar-refractivity contribution >= 4 is 76.9 Å². The summed E-state index contributed by atoms with van der Waals surface area (Å²) in [5.74, 6) is -12.1. The fourth-order valence-corrected chi connectivity index (χ4v) is 6.93. The maximum Gasteiger partial charge on any atom is 0.317 e. The van der Waals surface area contributed by atoms with Crippen molar-refractivity contribution < 1.29 is 101 Å². The molecule has 35 heteroatoms. The predicted molar refractivity (Wildman–Crippen MR) is 289 cm³/mol. The predicted octanol–water partition coefficient (Wildman–Crippen LogP) is -8.00. The summed E-state index contributed by atoms with van der Waals surface area (Å²) >= 11 is 0. The Hall–Kier alpha value is -7.96. The summed E-state index contributed by atoms with van der Waals surface area (Å²) in [5, 5.41) is 52.5. The van der Waals surface area contributed by atoms with Crippen molar-refractivity contribution in [3.05, 3.63) is 18.2 Å². The van der Waals surface area contributed by atoms with Gasteiger partial charge < -0.3 is 103 Å². The van der Waals surface area contributed by atoms with E-state index in [0.717, 1.165) is 11.3 Å². The molecule has 84 heavy (non-hydrogen) atoms. The van der Waals surface area contributed by atoms with E-state index in [2.05, 4.69) is 63.1 Å². The van der Waals surface area contributed by atoms with Gasteiger partial charge in [-0.05, 0) is 19.3 Å². The van der Waals surface area contributed by atoms with Gasteiger partial charge in [0.25, 0.3) is 0 Å². The maximum atomic E-state index is 14.2. The highest BCUT2D eigenvalue weighted by Crippen LogP contribution is 2.06. The third-order valence-corrected chi connectivity index (χ3v) is 11.1. The summed E-state index contributed by atoms with van der Waals surface area (Å²) in [6.07, 6.45) is 3.28. The molecule has 0 aliphatic heterocycles. The Morgan fingerprint density at radius 1 is 0.560 bits per heavy atom. The topological polar surface area (TPSA) is 507 Å². The number of imidazole rings is 1. The van der Waals surface area contributed by atoms with Crippen LogP contribution < -0.4 is 58.9 Å². The minimum atomic E-state index is -1.74. The minimum Gasteiger partial charge on any atom is -0.480 e. The Bertz CT molecular complexity index is 2230. The number of ether oxygens (including phenoxy) is 5. The van der Waals surface area contributed by atoms with Crippen molar-refractivity contribution in [3.63, 3.8) is 0 Å². The molecule has 0 aliphatic carbocycles. The van der Waals surface area contributed by atoms with Gasteiger partial charge in [-0.1, -0.05) is 26.7 Å². The summed E-state index contributed by atoms with van der Waals surface area (Å²) in [7, 11) is 1.33. The number of nitrogens with zero attached hydrogens (tertiary/aromatic N) is 2. The summed E-state index contributed by atoms with van der Waals surface area (Å²) in [6.45, 7) is -0.231. The van der Waals surface area contributed by atoms with E-state index in [9.17, 15) is 77.6 Å². The third-order valence-electron chi connectivity index (χ3n) is 11.1. The lowest BCUT2D eigenvalue weighted by atomic mass is 10.1. The first kappa shape index (κ1) is 74.1. The van der Waals surface area contributed by atoms with Gasteiger partial charge in [-0.3, -0.25) is 67.2 Å². The van der Waals surface area contributed by atoms with Crippen LogP contribution in [0.4, 0.5) is 0 Å². The number of hydrogen-bond acceptors (Lipinski definition) is 21. The van der Waals surface area contributed by atoms with Gasteiger partial charge in [0.15, 0.2) is 0 Å². The molecule has 0 bridgehead atoms. The molecule has 0 saturated carbocycles. The fraction of sp³-hybridized carbons (Fsp3) is 0.673. The molecular weight excluding hydrogens is 1120 g/mol. The van der Waals surface area contributed by atoms with Crippen molar-refractivity contribution in [2.45, 2.75) is 89.0 Å². The van der Waals surface area contributed by atoms with E-state index in [1.807, 2.05) is 13.8 Å². The largest absolute Gasteiger partial charge is 0.480 e. The Balaban J connectivity index is 2.88. The van der Waals surface area contributed by atoms with Crippen molar-refractivity contribution in [1.29, 1.82) is 0 Å². The van der Waals surface area contributed by atoms with Gasteiger partial charge >= 0.3 is 11.9 Å². The Kier molecular flexibility index (Phi) is 39.3. The summed E-state index contributed by atoms with van der Waals surface area (Å²) in [6, 6.07) is -7.94. The number of nitrogens with two attached hydrogens (primary N) is 1. The number of primary amides is 1. The van der Waals surface area contributed by atoms with Crippen LogP contribution in [-0.2, 0) is 92.4 Å². The second-order valence-electron chi connectivity index (χ2n) is 18.2. The maximum absolute atomic E-state index is 14.2. The molecule has 0 radical (unpaired) electrons. The van der Waals surface area contributed by atoms with Gasteiger partial charge in [0, 0.05) is 52.3 Å². The number of aliphatic carboxylic acids is 2. The third kappa shape index (κ3) is 35.8. The zero-order valence-electron chi connectivity index (χ0n) is 47.4. The second-order valence-corrected chi connectivity index (χ2v) is 18.2. The Labute approximate surface area is 483 Å². The molecule has 0 spiro atoms. The van der Waals surface area contributed by atoms with Crippen LogP contribution >= 0.6 is 0 Å². The van der Waals surface area contributed by atoms with Gasteiger partial charge in [-0.2, -0.15) is 0 Å². The van der Waals surface area contributed by atoms with Gasteiger partial charge in [0.05, 0.1) is 84.4 Å². The van der Waals surface area contributed by atoms with Gasteiger partial charge in [-0.25, -0.2) is 4.98 Å². The van der Waals surface area contributed by atoms with E-state index in [1.54, 1.807) is 0 Å². The molecular formula is C49H82N14O21. The zero-order chi connectivity index (χ0) is 62.7. The van der Waals surface area contributed by atoms with Crippen molar-refractivity contribution in [2.24, 2.45) is 5.73 Å². The molecule has 474 valence electrons. The number of aromatic nitrogens is 2. The second kappa shape index (κ2) is 44.6. The molecule has 1 aromatic rings. The van der Waals surface area contributed by atoms with E-state index < -0.39 is 166 Å². The van der Waals surface area contributed by atoms with Gasteiger partial charge in [0.2, 0.25) is 65.0 Å². The van der Waals surface area contributed by atoms with Crippen LogP contribution in [0, 0.1) is 0 Å². The van der Waals surface area contributed by atoms with Crippen molar-refractivity contribution in [1.82, 2.24) is 68.0 Å². The quantitative estimate of drug-likeness (QED) is 0.0269. The van der Waals surface area contributed by atoms with E-state index in [0.29, 0.717) is 26.0 Å². The lowest BCUT2D eigenvalue weighted by Gasteiger charge is -2.27. The molecule has 1 rings (SSSR count). The monoisotopic (exact) mass is 1200 g/mol. The Morgan fingerprint density at radius 3 is 1.57 bits per heavy atom. The smallest absolute Gasteiger partial charge is 0.317 e. The number of carboxylic acids is 2. The number of aliphatic hydroxyl groups excluding tert-OH is 1. The highest BCUT2D eigenvalue weighted by Gasteiger charge is 2.34. The normalized spacial score (nSPS) is 12.7. The lowest BCUT2D eigenvalue weighted by molar-refractivity contribution is -0.142. The Morgan fingerprint density at radius 2 is 1.06 bits per heavy atom. The average Bonchev–Trinajstić information content (AvgIpc) is 4.12. The number of unbranched alkanes of at least 4 members (excludes halogenated alkanes) is 1. The molecule has 0 aliphatic rings. The number of carboxylic acid groups (broad SMARTS) is 2. The molecule has 5 atom stereocenters. The van der Waals surface area contributed by atoms with E-state index >= 15 is 0 Å². The minimum absolute atomic E-state index is 0.0182. The van der Waals surface area contributed by atoms with Crippen LogP contribution in [0.1, 0.15) is 58.1 Å². The van der Waals surface area contributed by atoms with Crippen LogP contribution in [0.2, 0.25) is 0 Å². The first-order chi connectivity index (χ1) is 40.1. The SMILES string of the molecule is CCCC[C@H](NC(=O)[C@H](CNC(=O)CN(CC(=O)O)CC(=O)O)NC(=O)[C@H](Cc1c[nH]cn1)NC(=O)[C@H](CCC(N)=O)NC(=O)[C@H](CO)NC(=O)CNC(=O)COCCOCCNC(=O)COCCOCCNC(=O)COCCC)C(=O)NC. The van der Waals surface area contributed by atoms with E-state index in [-0.39, 0.29) is 77.4 Å². The summed E-state index contributed by atoms with van der Waals surface area (Å²) in [5.41, 5.74) is 5.52. The van der Waals surface area contributed by atoms with Crippen LogP contribution in [0.15, 0.2) is 12.5 Å². The fourth-order valence-electron chi connectivity index (χ4n) is 6.93. The number of aliphatic hydroxyl groups is 1. The molecule has 0 saturated heterocycles. The molecule has 16 N–H and O–H groups in total. The number of carbonyl (C=O) groups is 13. The van der Waals surface area contributed by atoms with Crippen LogP contribution in [-0.4, -0.2) is 263 Å². The standard InChI is InChI=1S/C49H82N14O21/c1-4-6-7-32(45(75)51-3)59-48(78)35(21-55-39(67)23-63(24-43(71)72)25-44(73)74)62-47(77)34(19-31-20-52-30-57-31)61-46(76)33(8-9-37(50)65)60-49(79)36(26-64)58-38(66)22-56-42(70)29-84-18-16-81-14-11-54-41(69)28-83-17-15-80-13-10-53-40(68)27-82-12-5-2/h20,30,32-36,64H,4-19,21-29H2,1-3H3,(H2,50,65)(H,51,75)(H,52,57)(H,53,68)(H,54,69)(H,55,67)(H,56,70)(H,58,66)(H,59,78)(H,60,79)(H,61,76)(H,62,77)(H,71,72)(H,73,74)/t32-,33-,34-,35-,36-/m0/s1. The average molecular weight is 1200 g/mol. The number of likely N-dealkylation sites (N-methyl/N-ethyl adjacent to an activating group) is 1. The number of carbonyl (C=O) groups excluding carboxylic acids is 11.